The van der Waals surface area contributed by atoms with Gasteiger partial charge in [0.1, 0.15) is 23.8 Å². The first-order chi connectivity index (χ1) is 35.2. The molecule has 4 N–H and O–H groups in total. The summed E-state index contributed by atoms with van der Waals surface area (Å²) in [6.07, 6.45) is -0.0303. The van der Waals surface area contributed by atoms with Gasteiger partial charge in [-0.3, -0.25) is 29.0 Å². The fourth-order valence-electron chi connectivity index (χ4n) is 7.99. The van der Waals surface area contributed by atoms with Crippen LogP contribution in [-0.2, 0) is 51.1 Å². The highest BCUT2D eigenvalue weighted by atomic mass is 79.9. The average molecular weight is 1080 g/mol. The predicted octanol–water partition coefficient (Wildman–Crippen LogP) is 6.81. The molecule has 8 rings (SSSR count). The Kier molecular flexibility index (Phi) is 23.0. The van der Waals surface area contributed by atoms with Crippen LogP contribution >= 0.6 is 15.9 Å². The minimum atomic E-state index is -0.566. The van der Waals surface area contributed by atoms with E-state index in [0.717, 1.165) is 48.2 Å². The van der Waals surface area contributed by atoms with Crippen molar-refractivity contribution in [1.29, 1.82) is 0 Å². The van der Waals surface area contributed by atoms with Gasteiger partial charge in [-0.25, -0.2) is 18.4 Å². The molecule has 0 saturated carbocycles. The molecule has 6 amide bonds. The van der Waals surface area contributed by atoms with Crippen LogP contribution in [0, 0.1) is 11.6 Å². The van der Waals surface area contributed by atoms with Gasteiger partial charge in [0, 0.05) is 64.1 Å². The van der Waals surface area contributed by atoms with Crippen molar-refractivity contribution >= 4 is 63.1 Å². The molecule has 73 heavy (non-hydrogen) atoms. The Morgan fingerprint density at radius 1 is 0.630 bits per heavy atom. The predicted molar refractivity (Wildman–Crippen MR) is 277 cm³/mol. The lowest BCUT2D eigenvalue weighted by Gasteiger charge is -2.26. The number of carbonyl (C=O) groups is 6. The Morgan fingerprint density at radius 3 is 1.42 bits per heavy atom. The van der Waals surface area contributed by atoms with Crippen molar-refractivity contribution in [2.75, 3.05) is 93.9 Å². The van der Waals surface area contributed by atoms with E-state index in [2.05, 4.69) is 26.6 Å². The zero-order valence-corrected chi connectivity index (χ0v) is 43.4. The summed E-state index contributed by atoms with van der Waals surface area (Å²) in [7, 11) is 0. The van der Waals surface area contributed by atoms with Gasteiger partial charge in [-0.05, 0) is 71.5 Å². The molecule has 17 nitrogen and oxygen atoms in total. The number of nitrogens with one attached hydrogen (secondary N) is 2. The van der Waals surface area contributed by atoms with E-state index in [0.29, 0.717) is 80.3 Å². The maximum Gasteiger partial charge on any atom is 0.414 e. The minimum Gasteiger partial charge on any atom is -0.442 e. The number of rotatable bonds is 14. The van der Waals surface area contributed by atoms with E-state index < -0.39 is 36.0 Å². The largest absolute Gasteiger partial charge is 0.442 e. The zero-order valence-electron chi connectivity index (χ0n) is 41.8. The summed E-state index contributed by atoms with van der Waals surface area (Å²) in [6.45, 7) is 13.5. The second kappa shape index (κ2) is 29.3. The quantitative estimate of drug-likeness (QED) is 0.112. The third kappa shape index (κ3) is 17.3. The third-order valence-corrected chi connectivity index (χ3v) is 12.4. The summed E-state index contributed by atoms with van der Waals surface area (Å²) in [6, 6.07) is 24.3. The molecule has 0 aromatic heterocycles. The summed E-state index contributed by atoms with van der Waals surface area (Å²) in [5, 5.41) is 5.65. The van der Waals surface area contributed by atoms with Crippen molar-refractivity contribution in [3.05, 3.63) is 108 Å². The highest BCUT2D eigenvalue weighted by molar-refractivity contribution is 9.09. The second-order valence-electron chi connectivity index (χ2n) is 17.0. The molecule has 4 aliphatic rings. The third-order valence-electron chi connectivity index (χ3n) is 11.9. The molecule has 0 bridgehead atoms. The summed E-state index contributed by atoms with van der Waals surface area (Å²) in [5.41, 5.74) is 10.8. The fraction of sp³-hybridized carbons (Fsp3) is 0.434. The number of morpholine rings is 2. The molecule has 4 aromatic rings. The molecular formula is C53H66BrF2N7O10. The monoisotopic (exact) mass is 1080 g/mol. The number of nitrogens with zero attached hydrogens (tertiary/aromatic N) is 4. The number of anilines is 2. The zero-order chi connectivity index (χ0) is 52.9. The molecule has 0 spiro atoms. The van der Waals surface area contributed by atoms with Crippen molar-refractivity contribution < 1.29 is 56.5 Å². The summed E-state index contributed by atoms with van der Waals surface area (Å²) in [4.78, 5) is 75.9. The number of carbonyl (C=O) groups excluding carboxylic acids is 6. The fourth-order valence-corrected chi connectivity index (χ4v) is 8.34. The number of hydrogen-bond donors (Lipinski definition) is 3. The average Bonchev–Trinajstić information content (AvgIpc) is 3.99. The van der Waals surface area contributed by atoms with Gasteiger partial charge in [0.25, 0.3) is 0 Å². The molecule has 4 saturated heterocycles. The number of hydrogen-bond acceptors (Lipinski definition) is 11. The van der Waals surface area contributed by atoms with Crippen molar-refractivity contribution in [1.82, 2.24) is 20.4 Å². The van der Waals surface area contributed by atoms with Crippen molar-refractivity contribution in [2.45, 2.75) is 65.7 Å². The van der Waals surface area contributed by atoms with Gasteiger partial charge in [-0.2, -0.15) is 0 Å². The number of amides is 6. The molecule has 394 valence electrons. The molecular weight excluding hydrogens is 1010 g/mol. The lowest BCUT2D eigenvalue weighted by atomic mass is 10.0. The molecule has 4 aliphatic heterocycles. The van der Waals surface area contributed by atoms with Gasteiger partial charge < -0.3 is 45.1 Å². The standard InChI is InChI=1S/C26H30FN3O5.C19H20FN3O3.C6H10BrNO2.C2H6/c1-18(31)28-16-22-17-30(26(33)35-22)21-9-10-23(24(27)15-21)20-7-5-19(6-8-20)3-2-4-25(32)29-11-13-34-14-12-29;1-12(24)22-10-16-11-23(19(25)26-16)15-6-7-17(18(20)8-15)14-4-2-13(9-21)3-5-14;7-5-6(9)8-1-3-10-4-2-8;1-2/h5-10,15,22H,2-4,11-14,16-17H2,1H3,(H,28,31);2-8,16H,9-11,21H2,1H3,(H,22,24);1-5H2;1-2H3/t22-;16-;;/m00../s1. The maximum absolute atomic E-state index is 14.9. The van der Waals surface area contributed by atoms with Crippen LogP contribution in [0.2, 0.25) is 0 Å². The normalized spacial score (nSPS) is 17.2. The van der Waals surface area contributed by atoms with E-state index in [1.807, 2.05) is 67.3 Å². The van der Waals surface area contributed by atoms with Crippen LogP contribution in [0.5, 0.6) is 0 Å². The highest BCUT2D eigenvalue weighted by Crippen LogP contribution is 2.31. The number of halogens is 3. The number of cyclic esters (lactones) is 2. The van der Waals surface area contributed by atoms with Gasteiger partial charge in [-0.1, -0.05) is 78.3 Å². The number of alkyl halides is 1. The number of benzene rings is 4. The van der Waals surface area contributed by atoms with E-state index in [-0.39, 0.29) is 49.8 Å². The molecule has 20 heteroatoms. The Balaban J connectivity index is 0.000000227. The van der Waals surface area contributed by atoms with Gasteiger partial charge in [0.05, 0.1) is 69.3 Å². The molecule has 0 unspecified atom stereocenters. The first kappa shape index (κ1) is 57.4. The van der Waals surface area contributed by atoms with Gasteiger partial charge >= 0.3 is 12.2 Å². The van der Waals surface area contributed by atoms with E-state index in [9.17, 15) is 37.5 Å². The van der Waals surface area contributed by atoms with Crippen LogP contribution in [0.15, 0.2) is 84.9 Å². The van der Waals surface area contributed by atoms with Gasteiger partial charge in [0.15, 0.2) is 0 Å². The highest BCUT2D eigenvalue weighted by Gasteiger charge is 2.34. The smallest absolute Gasteiger partial charge is 0.414 e. The van der Waals surface area contributed by atoms with E-state index in [4.69, 9.17) is 24.7 Å². The van der Waals surface area contributed by atoms with Crippen LogP contribution in [0.4, 0.5) is 29.7 Å². The number of ether oxygens (including phenoxy) is 4. The van der Waals surface area contributed by atoms with E-state index >= 15 is 0 Å². The lowest BCUT2D eigenvalue weighted by molar-refractivity contribution is -0.135. The summed E-state index contributed by atoms with van der Waals surface area (Å²) in [5.74, 6) is -0.956. The molecule has 4 aromatic carbocycles. The number of aryl methyl sites for hydroxylation is 1. The Labute approximate surface area is 433 Å². The molecule has 4 fully saturated rings. The van der Waals surface area contributed by atoms with Crippen molar-refractivity contribution in [3.63, 3.8) is 0 Å². The Morgan fingerprint density at radius 2 is 1.04 bits per heavy atom. The SMILES string of the molecule is CC.CC(=O)NC[C@H]1CN(c2ccc(-c3ccc(CCCC(=O)N4CCOCC4)cc3)c(F)c2)C(=O)O1.CC(=O)NC[C@H]1CN(c2ccc(-c3ccc(CN)cc3)c(F)c2)C(=O)O1.O=C(CBr)N1CCOCC1. The van der Waals surface area contributed by atoms with Crippen molar-refractivity contribution in [3.8, 4) is 22.3 Å². The van der Waals surface area contributed by atoms with Crippen LogP contribution in [0.25, 0.3) is 22.3 Å². The molecule has 0 aliphatic carbocycles. The Bertz CT molecular complexity index is 2470. The molecule has 2 atom stereocenters. The second-order valence-corrected chi connectivity index (χ2v) is 17.6. The van der Waals surface area contributed by atoms with E-state index in [1.165, 1.54) is 35.8 Å². The first-order valence-electron chi connectivity index (χ1n) is 24.4. The summed E-state index contributed by atoms with van der Waals surface area (Å²) < 4.78 is 50.4. The maximum atomic E-state index is 14.9. The molecule has 0 radical (unpaired) electrons. The minimum absolute atomic E-state index is 0.156. The summed E-state index contributed by atoms with van der Waals surface area (Å²) >= 11 is 3.12. The first-order valence-corrected chi connectivity index (χ1v) is 25.5. The van der Waals surface area contributed by atoms with Crippen molar-refractivity contribution in [2.24, 2.45) is 5.73 Å². The van der Waals surface area contributed by atoms with Crippen LogP contribution < -0.4 is 26.2 Å². The topological polar surface area (TPSA) is 202 Å². The Hall–Kier alpha value is -6.48. The van der Waals surface area contributed by atoms with Gasteiger partial charge in [0.2, 0.25) is 23.6 Å². The van der Waals surface area contributed by atoms with Gasteiger partial charge in [-0.15, -0.1) is 0 Å². The lowest BCUT2D eigenvalue weighted by Crippen LogP contribution is -2.41. The molecule has 4 heterocycles. The number of nitrogens with two attached hydrogens (primary N) is 1. The van der Waals surface area contributed by atoms with Crippen LogP contribution in [0.3, 0.4) is 0 Å². The van der Waals surface area contributed by atoms with Crippen LogP contribution in [-0.4, -0.2) is 142 Å². The van der Waals surface area contributed by atoms with E-state index in [1.54, 1.807) is 29.2 Å². The van der Waals surface area contributed by atoms with Crippen LogP contribution in [0.1, 0.15) is 51.7 Å².